The Bertz CT molecular complexity index is 749. The minimum absolute atomic E-state index is 0.0466. The highest BCUT2D eigenvalue weighted by Crippen LogP contribution is 2.27. The van der Waals surface area contributed by atoms with Crippen LogP contribution in [0.3, 0.4) is 0 Å². The van der Waals surface area contributed by atoms with Crippen molar-refractivity contribution in [3.8, 4) is 0 Å². The minimum atomic E-state index is -3.71. The lowest BCUT2D eigenvalue weighted by atomic mass is 10.2. The normalized spacial score (nSPS) is 12.0. The molecule has 0 saturated heterocycles. The zero-order valence-corrected chi connectivity index (χ0v) is 13.5. The van der Waals surface area contributed by atoms with Crippen molar-refractivity contribution in [3.63, 3.8) is 0 Å². The zero-order chi connectivity index (χ0) is 15.8. The van der Waals surface area contributed by atoms with Gasteiger partial charge in [0.05, 0.1) is 11.4 Å². The minimum Gasteiger partial charge on any atom is -0.398 e. The van der Waals surface area contributed by atoms with Gasteiger partial charge < -0.3 is 5.73 Å². The molecule has 1 heterocycles. The number of hydrogen-bond acceptors (Lipinski definition) is 5. The maximum absolute atomic E-state index is 12.5. The predicted molar refractivity (Wildman–Crippen MR) is 80.4 cm³/mol. The molecule has 1 aromatic carbocycles. The number of halogens is 1. The van der Waals surface area contributed by atoms with Gasteiger partial charge in [0.1, 0.15) is 5.82 Å². The molecule has 0 fully saturated rings. The first-order chi connectivity index (χ1) is 9.71. The summed E-state index contributed by atoms with van der Waals surface area (Å²) in [5.41, 5.74) is 6.77. The molecule has 1 aromatic heterocycles. The second-order valence-electron chi connectivity index (χ2n) is 4.72. The van der Waals surface area contributed by atoms with E-state index in [0.717, 1.165) is 4.31 Å². The van der Waals surface area contributed by atoms with Gasteiger partial charge >= 0.3 is 0 Å². The maximum Gasteiger partial charge on any atom is 0.243 e. The van der Waals surface area contributed by atoms with Crippen molar-refractivity contribution in [2.45, 2.75) is 25.3 Å². The van der Waals surface area contributed by atoms with E-state index in [2.05, 4.69) is 15.2 Å². The quantitative estimate of drug-likeness (QED) is 0.826. The third-order valence-corrected chi connectivity index (χ3v) is 5.25. The molecule has 21 heavy (non-hydrogen) atoms. The van der Waals surface area contributed by atoms with Gasteiger partial charge in [0.2, 0.25) is 10.0 Å². The number of nitrogen functional groups attached to an aromatic ring is 1. The SMILES string of the molecule is Cc1nc(CN(C)S(=O)(=O)c2cc(N)c(C)c(Cl)c2)n[nH]1. The largest absolute Gasteiger partial charge is 0.398 e. The topological polar surface area (TPSA) is 105 Å². The van der Waals surface area contributed by atoms with Crippen LogP contribution < -0.4 is 5.73 Å². The van der Waals surface area contributed by atoms with E-state index < -0.39 is 10.0 Å². The lowest BCUT2D eigenvalue weighted by molar-refractivity contribution is 0.457. The van der Waals surface area contributed by atoms with Crippen LogP contribution in [0.4, 0.5) is 5.69 Å². The summed E-state index contributed by atoms with van der Waals surface area (Å²) in [6, 6.07) is 2.79. The molecule has 2 rings (SSSR count). The number of rotatable bonds is 4. The van der Waals surface area contributed by atoms with E-state index in [0.29, 0.717) is 27.9 Å². The molecule has 0 saturated carbocycles. The summed E-state index contributed by atoms with van der Waals surface area (Å²) >= 11 is 6.00. The van der Waals surface area contributed by atoms with Gasteiger partial charge in [-0.25, -0.2) is 13.4 Å². The summed E-state index contributed by atoms with van der Waals surface area (Å²) in [6.07, 6.45) is 0. The maximum atomic E-state index is 12.5. The summed E-state index contributed by atoms with van der Waals surface area (Å²) in [5.74, 6) is 1.02. The number of nitrogens with two attached hydrogens (primary N) is 1. The van der Waals surface area contributed by atoms with Crippen LogP contribution in [0, 0.1) is 13.8 Å². The van der Waals surface area contributed by atoms with E-state index in [1.165, 1.54) is 19.2 Å². The number of nitrogens with one attached hydrogen (secondary N) is 1. The van der Waals surface area contributed by atoms with Crippen molar-refractivity contribution in [2.75, 3.05) is 12.8 Å². The molecule has 0 aliphatic rings. The molecule has 0 spiro atoms. The second kappa shape index (κ2) is 5.63. The first-order valence-electron chi connectivity index (χ1n) is 6.11. The number of H-pyrrole nitrogens is 1. The monoisotopic (exact) mass is 329 g/mol. The molecule has 0 atom stereocenters. The van der Waals surface area contributed by atoms with Crippen LogP contribution in [0.2, 0.25) is 5.02 Å². The number of nitrogens with zero attached hydrogens (tertiary/aromatic N) is 3. The van der Waals surface area contributed by atoms with Gasteiger partial charge in [-0.1, -0.05) is 11.6 Å². The number of sulfonamides is 1. The average molecular weight is 330 g/mol. The molecule has 0 unspecified atom stereocenters. The predicted octanol–water partition coefficient (Wildman–Crippen LogP) is 1.48. The number of anilines is 1. The van der Waals surface area contributed by atoms with E-state index in [4.69, 9.17) is 17.3 Å². The van der Waals surface area contributed by atoms with Crippen LogP contribution in [0.1, 0.15) is 17.2 Å². The summed E-state index contributed by atoms with van der Waals surface area (Å²) in [4.78, 5) is 4.13. The van der Waals surface area contributed by atoms with Crippen LogP contribution in [0.25, 0.3) is 0 Å². The van der Waals surface area contributed by atoms with Crippen molar-refractivity contribution in [1.29, 1.82) is 0 Å². The molecular weight excluding hydrogens is 314 g/mol. The van der Waals surface area contributed by atoms with Gasteiger partial charge in [-0.2, -0.15) is 9.40 Å². The molecule has 2 aromatic rings. The van der Waals surface area contributed by atoms with Gasteiger partial charge in [-0.05, 0) is 31.5 Å². The smallest absolute Gasteiger partial charge is 0.243 e. The highest BCUT2D eigenvalue weighted by atomic mass is 35.5. The third kappa shape index (κ3) is 3.17. The molecule has 0 radical (unpaired) electrons. The number of aromatic nitrogens is 3. The van der Waals surface area contributed by atoms with Crippen molar-refractivity contribution in [2.24, 2.45) is 0 Å². The molecule has 114 valence electrons. The summed E-state index contributed by atoms with van der Waals surface area (Å²) < 4.78 is 26.2. The van der Waals surface area contributed by atoms with E-state index in [1.807, 2.05) is 0 Å². The Labute approximate surface area is 128 Å². The Morgan fingerprint density at radius 1 is 1.38 bits per heavy atom. The fourth-order valence-electron chi connectivity index (χ4n) is 1.75. The van der Waals surface area contributed by atoms with Gasteiger partial charge in [0, 0.05) is 17.8 Å². The molecule has 0 aliphatic heterocycles. The molecule has 7 nitrogen and oxygen atoms in total. The number of aromatic amines is 1. The molecule has 0 amide bonds. The molecule has 0 aliphatic carbocycles. The number of aryl methyl sites for hydroxylation is 1. The highest BCUT2D eigenvalue weighted by molar-refractivity contribution is 7.89. The Balaban J connectivity index is 2.33. The molecule has 0 bridgehead atoms. The van der Waals surface area contributed by atoms with E-state index in [-0.39, 0.29) is 11.4 Å². The number of benzene rings is 1. The first-order valence-corrected chi connectivity index (χ1v) is 7.93. The van der Waals surface area contributed by atoms with E-state index in [9.17, 15) is 8.42 Å². The van der Waals surface area contributed by atoms with Gasteiger partial charge in [0.25, 0.3) is 0 Å². The van der Waals surface area contributed by atoms with Gasteiger partial charge in [-0.3, -0.25) is 5.10 Å². The van der Waals surface area contributed by atoms with Crippen LogP contribution in [-0.2, 0) is 16.6 Å². The molecule has 3 N–H and O–H groups in total. The van der Waals surface area contributed by atoms with E-state index >= 15 is 0 Å². The standard InChI is InChI=1S/C12H16ClN5O2S/c1-7-10(13)4-9(5-11(7)14)21(19,20)18(3)6-12-15-8(2)16-17-12/h4-5H,6,14H2,1-3H3,(H,15,16,17). The Morgan fingerprint density at radius 3 is 2.57 bits per heavy atom. The fraction of sp³-hybridized carbons (Fsp3) is 0.333. The Morgan fingerprint density at radius 2 is 2.05 bits per heavy atom. The fourth-order valence-corrected chi connectivity index (χ4v) is 3.23. The van der Waals surface area contributed by atoms with Crippen LogP contribution in [0.15, 0.2) is 17.0 Å². The Kier molecular flexibility index (Phi) is 4.22. The van der Waals surface area contributed by atoms with Crippen LogP contribution in [0.5, 0.6) is 0 Å². The van der Waals surface area contributed by atoms with Gasteiger partial charge in [0.15, 0.2) is 5.82 Å². The van der Waals surface area contributed by atoms with Crippen LogP contribution >= 0.6 is 11.6 Å². The van der Waals surface area contributed by atoms with Crippen molar-refractivity contribution >= 4 is 27.3 Å². The highest BCUT2D eigenvalue weighted by Gasteiger charge is 2.23. The summed E-state index contributed by atoms with van der Waals surface area (Å²) in [6.45, 7) is 3.53. The third-order valence-electron chi connectivity index (χ3n) is 3.07. The van der Waals surface area contributed by atoms with Crippen molar-refractivity contribution in [1.82, 2.24) is 19.5 Å². The van der Waals surface area contributed by atoms with E-state index in [1.54, 1.807) is 13.8 Å². The van der Waals surface area contributed by atoms with Crippen molar-refractivity contribution < 1.29 is 8.42 Å². The van der Waals surface area contributed by atoms with Crippen molar-refractivity contribution in [3.05, 3.63) is 34.4 Å². The lowest BCUT2D eigenvalue weighted by Gasteiger charge is -2.16. The average Bonchev–Trinajstić information content (AvgIpc) is 2.80. The second-order valence-corrected chi connectivity index (χ2v) is 7.17. The molecular formula is C12H16ClN5O2S. The lowest BCUT2D eigenvalue weighted by Crippen LogP contribution is -2.27. The first kappa shape index (κ1) is 15.7. The molecule has 9 heteroatoms. The summed E-state index contributed by atoms with van der Waals surface area (Å²) in [7, 11) is -2.27. The Hall–Kier alpha value is -1.64. The van der Waals surface area contributed by atoms with Crippen LogP contribution in [-0.4, -0.2) is 35.0 Å². The summed E-state index contributed by atoms with van der Waals surface area (Å²) in [5, 5.41) is 6.90. The zero-order valence-electron chi connectivity index (χ0n) is 11.9. The van der Waals surface area contributed by atoms with Gasteiger partial charge in [-0.15, -0.1) is 0 Å². The number of hydrogen-bond donors (Lipinski definition) is 2.